The maximum atomic E-state index is 11.9. The van der Waals surface area contributed by atoms with Gasteiger partial charge in [-0.25, -0.2) is 4.68 Å². The van der Waals surface area contributed by atoms with Crippen LogP contribution in [0.1, 0.15) is 13.8 Å². The quantitative estimate of drug-likeness (QED) is 0.798. The molecular formula is C11H19ClN4O2. The Labute approximate surface area is 111 Å². The van der Waals surface area contributed by atoms with Crippen LogP contribution in [0.15, 0.2) is 11.0 Å². The minimum absolute atomic E-state index is 0.116. The van der Waals surface area contributed by atoms with Crippen molar-refractivity contribution in [3.8, 4) is 0 Å². The molecule has 0 aliphatic heterocycles. The first-order valence-corrected chi connectivity index (χ1v) is 6.00. The molecule has 0 fully saturated rings. The Morgan fingerprint density at radius 1 is 1.61 bits per heavy atom. The first-order valence-electron chi connectivity index (χ1n) is 5.62. The summed E-state index contributed by atoms with van der Waals surface area (Å²) in [5, 5.41) is 7.14. The first-order chi connectivity index (χ1) is 8.35. The van der Waals surface area contributed by atoms with Crippen LogP contribution in [0.3, 0.4) is 0 Å². The third-order valence-corrected chi connectivity index (χ3v) is 2.59. The van der Waals surface area contributed by atoms with Crippen LogP contribution in [-0.4, -0.2) is 35.6 Å². The average molecular weight is 275 g/mol. The molecule has 1 rings (SSSR count). The molecule has 0 saturated heterocycles. The summed E-state index contributed by atoms with van der Waals surface area (Å²) in [5.74, 6) is 0. The molecule has 3 N–H and O–H groups in total. The van der Waals surface area contributed by atoms with Crippen LogP contribution >= 0.6 is 11.6 Å². The lowest BCUT2D eigenvalue weighted by Gasteiger charge is -2.20. The fourth-order valence-corrected chi connectivity index (χ4v) is 1.46. The zero-order valence-corrected chi connectivity index (χ0v) is 11.6. The molecule has 0 aliphatic carbocycles. The number of aromatic nitrogens is 2. The summed E-state index contributed by atoms with van der Waals surface area (Å²) >= 11 is 5.99. The van der Waals surface area contributed by atoms with E-state index in [1.54, 1.807) is 7.11 Å². The standard InChI is InChI=1S/C11H19ClN4O2/c1-11(2,13)7-14-8-6-15-16(4-5-18-3)10(17)9(8)12/h6,14H,4-5,7,13H2,1-3H3. The summed E-state index contributed by atoms with van der Waals surface area (Å²) in [6, 6.07) is 0. The Kier molecular flexibility index (Phi) is 5.13. The van der Waals surface area contributed by atoms with Gasteiger partial charge in [-0.3, -0.25) is 4.79 Å². The van der Waals surface area contributed by atoms with E-state index in [1.807, 2.05) is 13.8 Å². The van der Waals surface area contributed by atoms with Gasteiger partial charge in [-0.1, -0.05) is 11.6 Å². The zero-order chi connectivity index (χ0) is 13.8. The molecule has 0 bridgehead atoms. The molecule has 7 heteroatoms. The molecule has 0 atom stereocenters. The highest BCUT2D eigenvalue weighted by Gasteiger charge is 2.13. The number of nitrogens with zero attached hydrogens (tertiary/aromatic N) is 2. The van der Waals surface area contributed by atoms with E-state index in [2.05, 4.69) is 10.4 Å². The van der Waals surface area contributed by atoms with Crippen molar-refractivity contribution in [2.24, 2.45) is 5.73 Å². The Balaban J connectivity index is 2.84. The van der Waals surface area contributed by atoms with E-state index in [0.29, 0.717) is 25.4 Å². The molecule has 1 aromatic rings. The van der Waals surface area contributed by atoms with Crippen molar-refractivity contribution in [3.05, 3.63) is 21.6 Å². The van der Waals surface area contributed by atoms with Crippen LogP contribution in [0.4, 0.5) is 5.69 Å². The molecule has 6 nitrogen and oxygen atoms in total. The molecule has 0 unspecified atom stereocenters. The van der Waals surface area contributed by atoms with Crippen LogP contribution in [0.25, 0.3) is 0 Å². The third kappa shape index (κ3) is 4.29. The van der Waals surface area contributed by atoms with Gasteiger partial charge in [0.25, 0.3) is 5.56 Å². The van der Waals surface area contributed by atoms with E-state index in [-0.39, 0.29) is 10.6 Å². The molecule has 102 valence electrons. The third-order valence-electron chi connectivity index (χ3n) is 2.23. The molecular weight excluding hydrogens is 256 g/mol. The van der Waals surface area contributed by atoms with Gasteiger partial charge in [-0.2, -0.15) is 5.10 Å². The van der Waals surface area contributed by atoms with E-state index in [1.165, 1.54) is 10.9 Å². The lowest BCUT2D eigenvalue weighted by molar-refractivity contribution is 0.182. The predicted molar refractivity (Wildman–Crippen MR) is 72.1 cm³/mol. The summed E-state index contributed by atoms with van der Waals surface area (Å²) in [6.45, 7) is 5.03. The maximum Gasteiger partial charge on any atom is 0.287 e. The second-order valence-electron chi connectivity index (χ2n) is 4.74. The van der Waals surface area contributed by atoms with Gasteiger partial charge in [0.15, 0.2) is 0 Å². The summed E-state index contributed by atoms with van der Waals surface area (Å²) in [7, 11) is 1.56. The highest BCUT2D eigenvalue weighted by molar-refractivity contribution is 6.32. The molecule has 0 aromatic carbocycles. The maximum absolute atomic E-state index is 11.9. The Morgan fingerprint density at radius 2 is 2.28 bits per heavy atom. The van der Waals surface area contributed by atoms with Crippen LogP contribution < -0.4 is 16.6 Å². The summed E-state index contributed by atoms with van der Waals surface area (Å²) in [6.07, 6.45) is 1.52. The van der Waals surface area contributed by atoms with Gasteiger partial charge in [0.05, 0.1) is 25.0 Å². The molecule has 18 heavy (non-hydrogen) atoms. The number of ether oxygens (including phenoxy) is 1. The Morgan fingerprint density at radius 3 is 2.83 bits per heavy atom. The highest BCUT2D eigenvalue weighted by Crippen LogP contribution is 2.15. The van der Waals surface area contributed by atoms with Gasteiger partial charge in [0.2, 0.25) is 0 Å². The molecule has 0 amide bonds. The molecule has 1 aromatic heterocycles. The van der Waals surface area contributed by atoms with E-state index in [0.717, 1.165) is 0 Å². The zero-order valence-electron chi connectivity index (χ0n) is 10.9. The second kappa shape index (κ2) is 6.17. The van der Waals surface area contributed by atoms with E-state index in [4.69, 9.17) is 22.1 Å². The Bertz CT molecular complexity index is 453. The van der Waals surface area contributed by atoms with Gasteiger partial charge in [0, 0.05) is 19.2 Å². The van der Waals surface area contributed by atoms with Gasteiger partial charge in [0.1, 0.15) is 5.02 Å². The number of hydrogen-bond donors (Lipinski definition) is 2. The van der Waals surface area contributed by atoms with Crippen molar-refractivity contribution in [1.82, 2.24) is 9.78 Å². The monoisotopic (exact) mass is 274 g/mol. The highest BCUT2D eigenvalue weighted by atomic mass is 35.5. The SMILES string of the molecule is COCCn1ncc(NCC(C)(C)N)c(Cl)c1=O. The summed E-state index contributed by atoms with van der Waals surface area (Å²) in [4.78, 5) is 11.9. The number of nitrogens with two attached hydrogens (primary N) is 1. The van der Waals surface area contributed by atoms with Crippen molar-refractivity contribution in [2.75, 3.05) is 25.6 Å². The number of rotatable bonds is 6. The van der Waals surface area contributed by atoms with Crippen molar-refractivity contribution < 1.29 is 4.74 Å². The minimum atomic E-state index is -0.395. The van der Waals surface area contributed by atoms with Gasteiger partial charge >= 0.3 is 0 Å². The molecule has 0 saturated carbocycles. The smallest absolute Gasteiger partial charge is 0.287 e. The summed E-state index contributed by atoms with van der Waals surface area (Å²) in [5.41, 5.74) is 5.60. The van der Waals surface area contributed by atoms with Crippen LogP contribution in [-0.2, 0) is 11.3 Å². The van der Waals surface area contributed by atoms with Crippen molar-refractivity contribution in [3.63, 3.8) is 0 Å². The first kappa shape index (κ1) is 14.9. The minimum Gasteiger partial charge on any atom is -0.383 e. The summed E-state index contributed by atoms with van der Waals surface area (Å²) < 4.78 is 6.16. The molecule has 1 heterocycles. The van der Waals surface area contributed by atoms with Crippen molar-refractivity contribution in [1.29, 1.82) is 0 Å². The average Bonchev–Trinajstić information content (AvgIpc) is 2.28. The predicted octanol–water partition coefficient (Wildman–Crippen LogP) is 0.692. The van der Waals surface area contributed by atoms with Crippen molar-refractivity contribution in [2.45, 2.75) is 25.9 Å². The van der Waals surface area contributed by atoms with Gasteiger partial charge < -0.3 is 15.8 Å². The molecule has 0 radical (unpaired) electrons. The fourth-order valence-electron chi connectivity index (χ4n) is 1.25. The van der Waals surface area contributed by atoms with Crippen LogP contribution in [0.5, 0.6) is 0 Å². The van der Waals surface area contributed by atoms with Gasteiger partial charge in [-0.05, 0) is 13.8 Å². The number of halogens is 1. The number of anilines is 1. The molecule has 0 spiro atoms. The lowest BCUT2D eigenvalue weighted by Crippen LogP contribution is -2.40. The van der Waals surface area contributed by atoms with E-state index >= 15 is 0 Å². The second-order valence-corrected chi connectivity index (χ2v) is 5.11. The van der Waals surface area contributed by atoms with Crippen LogP contribution in [0, 0.1) is 0 Å². The van der Waals surface area contributed by atoms with Crippen LogP contribution in [0.2, 0.25) is 5.02 Å². The van der Waals surface area contributed by atoms with E-state index in [9.17, 15) is 4.79 Å². The Hall–Kier alpha value is -1.11. The number of hydrogen-bond acceptors (Lipinski definition) is 5. The number of nitrogens with one attached hydrogen (secondary N) is 1. The fraction of sp³-hybridized carbons (Fsp3) is 0.636. The largest absolute Gasteiger partial charge is 0.383 e. The van der Waals surface area contributed by atoms with E-state index < -0.39 is 5.54 Å². The lowest BCUT2D eigenvalue weighted by atomic mass is 10.1. The normalized spacial score (nSPS) is 11.6. The molecule has 0 aliphatic rings. The number of methoxy groups -OCH3 is 1. The van der Waals surface area contributed by atoms with Gasteiger partial charge in [-0.15, -0.1) is 0 Å². The van der Waals surface area contributed by atoms with Crippen molar-refractivity contribution >= 4 is 17.3 Å². The topological polar surface area (TPSA) is 82.2 Å².